The number of carboxylic acids is 1. The minimum Gasteiger partial charge on any atom is -0.485 e. The van der Waals surface area contributed by atoms with Crippen molar-refractivity contribution in [1.82, 2.24) is 14.8 Å². The van der Waals surface area contributed by atoms with Gasteiger partial charge in [0.2, 0.25) is 0 Å². The molecule has 134 valence electrons. The molecule has 2 aromatic rings. The van der Waals surface area contributed by atoms with E-state index in [1.807, 2.05) is 22.8 Å². The van der Waals surface area contributed by atoms with E-state index in [-0.39, 0.29) is 17.8 Å². The van der Waals surface area contributed by atoms with Crippen LogP contribution in [-0.2, 0) is 23.4 Å². The molecule has 0 unspecified atom stereocenters. The molecule has 1 N–H and O–H groups in total. The fourth-order valence-electron chi connectivity index (χ4n) is 2.33. The Kier molecular flexibility index (Phi) is 6.25. The van der Waals surface area contributed by atoms with Crippen LogP contribution in [0.25, 0.3) is 0 Å². The Morgan fingerprint density at radius 1 is 1.36 bits per heavy atom. The number of carbonyl (C=O) groups is 1. The van der Waals surface area contributed by atoms with Crippen LogP contribution < -0.4 is 4.74 Å². The van der Waals surface area contributed by atoms with Crippen LogP contribution in [0.15, 0.2) is 42.1 Å². The van der Waals surface area contributed by atoms with E-state index in [1.54, 1.807) is 6.08 Å². The Balaban J connectivity index is 2.18. The first-order chi connectivity index (χ1) is 11.8. The van der Waals surface area contributed by atoms with E-state index < -0.39 is 5.97 Å². The van der Waals surface area contributed by atoms with Gasteiger partial charge in [0.25, 0.3) is 0 Å². The second kappa shape index (κ2) is 8.20. The maximum absolute atomic E-state index is 10.8. The summed E-state index contributed by atoms with van der Waals surface area (Å²) in [4.78, 5) is 10.8. The largest absolute Gasteiger partial charge is 0.485 e. The number of hydrogen-bond acceptors (Lipinski definition) is 5. The van der Waals surface area contributed by atoms with Crippen LogP contribution in [0.5, 0.6) is 5.75 Å². The van der Waals surface area contributed by atoms with Crippen molar-refractivity contribution in [3.05, 3.63) is 48.3 Å². The van der Waals surface area contributed by atoms with Crippen LogP contribution >= 0.6 is 11.8 Å². The standard InChI is InChI=1S/C18H23N3O3S/c1-5-10-21-15(19-20-17(21)25-12-16(22)23)11-24-14-9-7-6-8-13(14)18(2,3)4/h5-9H,1,10-12H2,2-4H3,(H,22,23). The minimum atomic E-state index is -0.893. The third-order valence-corrected chi connectivity index (χ3v) is 4.43. The summed E-state index contributed by atoms with van der Waals surface area (Å²) in [6.45, 7) is 10.9. The lowest BCUT2D eigenvalue weighted by molar-refractivity contribution is -0.133. The van der Waals surface area contributed by atoms with Crippen LogP contribution in [0, 0.1) is 0 Å². The highest BCUT2D eigenvalue weighted by Crippen LogP contribution is 2.31. The van der Waals surface area contributed by atoms with Gasteiger partial charge in [0.1, 0.15) is 12.4 Å². The Bertz CT molecular complexity index is 750. The number of carboxylic acid groups (broad SMARTS) is 1. The fraction of sp³-hybridized carbons (Fsp3) is 0.389. The van der Waals surface area contributed by atoms with Gasteiger partial charge in [-0.05, 0) is 17.0 Å². The van der Waals surface area contributed by atoms with Crippen molar-refractivity contribution in [3.63, 3.8) is 0 Å². The predicted octanol–water partition coefficient (Wildman–Crippen LogP) is 3.52. The summed E-state index contributed by atoms with van der Waals surface area (Å²) in [6.07, 6.45) is 1.72. The molecule has 0 spiro atoms. The zero-order valence-corrected chi connectivity index (χ0v) is 15.5. The third-order valence-electron chi connectivity index (χ3n) is 3.48. The number of nitrogens with zero attached hydrogens (tertiary/aromatic N) is 3. The van der Waals surface area contributed by atoms with Crippen molar-refractivity contribution in [3.8, 4) is 5.75 Å². The topological polar surface area (TPSA) is 77.2 Å². The fourth-order valence-corrected chi connectivity index (χ4v) is 3.01. The van der Waals surface area contributed by atoms with Crippen LogP contribution in [0.3, 0.4) is 0 Å². The van der Waals surface area contributed by atoms with Gasteiger partial charge in [-0.1, -0.05) is 56.8 Å². The molecule has 0 bridgehead atoms. The molecule has 7 heteroatoms. The second-order valence-electron chi connectivity index (χ2n) is 6.52. The van der Waals surface area contributed by atoms with Gasteiger partial charge in [0, 0.05) is 6.54 Å². The van der Waals surface area contributed by atoms with Gasteiger partial charge in [-0.2, -0.15) is 0 Å². The lowest BCUT2D eigenvalue weighted by atomic mass is 9.86. The van der Waals surface area contributed by atoms with Crippen molar-refractivity contribution >= 4 is 17.7 Å². The number of aliphatic carboxylic acids is 1. The molecule has 0 aliphatic carbocycles. The Morgan fingerprint density at radius 3 is 2.72 bits per heavy atom. The molecule has 1 aromatic carbocycles. The molecule has 0 atom stereocenters. The van der Waals surface area contributed by atoms with Crippen molar-refractivity contribution in [1.29, 1.82) is 0 Å². The number of ether oxygens (including phenoxy) is 1. The number of benzene rings is 1. The third kappa shape index (κ3) is 5.09. The van der Waals surface area contributed by atoms with E-state index in [0.29, 0.717) is 17.5 Å². The summed E-state index contributed by atoms with van der Waals surface area (Å²) in [6, 6.07) is 7.92. The van der Waals surface area contributed by atoms with Crippen molar-refractivity contribution in [2.45, 2.75) is 44.5 Å². The van der Waals surface area contributed by atoms with E-state index in [9.17, 15) is 4.79 Å². The molecule has 0 fully saturated rings. The lowest BCUT2D eigenvalue weighted by Crippen LogP contribution is -2.14. The highest BCUT2D eigenvalue weighted by molar-refractivity contribution is 7.99. The molecule has 1 aromatic heterocycles. The highest BCUT2D eigenvalue weighted by atomic mass is 32.2. The Hall–Kier alpha value is -2.28. The molecule has 0 saturated heterocycles. The van der Waals surface area contributed by atoms with E-state index in [2.05, 4.69) is 43.6 Å². The average molecular weight is 361 g/mol. The van der Waals surface area contributed by atoms with E-state index in [1.165, 1.54) is 0 Å². The molecular formula is C18H23N3O3S. The Labute approximate surface area is 151 Å². The van der Waals surface area contributed by atoms with Crippen LogP contribution in [0.2, 0.25) is 0 Å². The van der Waals surface area contributed by atoms with Gasteiger partial charge >= 0.3 is 5.97 Å². The highest BCUT2D eigenvalue weighted by Gasteiger charge is 2.19. The smallest absolute Gasteiger partial charge is 0.313 e. The van der Waals surface area contributed by atoms with E-state index in [4.69, 9.17) is 9.84 Å². The first kappa shape index (κ1) is 19.1. The number of para-hydroxylation sites is 1. The number of allylic oxidation sites excluding steroid dienone is 1. The molecule has 0 amide bonds. The van der Waals surface area contributed by atoms with Crippen LogP contribution in [0.1, 0.15) is 32.2 Å². The first-order valence-electron chi connectivity index (χ1n) is 7.92. The zero-order chi connectivity index (χ0) is 18.4. The summed E-state index contributed by atoms with van der Waals surface area (Å²) in [5, 5.41) is 17.6. The van der Waals surface area contributed by atoms with Crippen molar-refractivity contribution < 1.29 is 14.6 Å². The number of hydrogen-bond donors (Lipinski definition) is 1. The molecule has 0 aliphatic rings. The molecule has 6 nitrogen and oxygen atoms in total. The quantitative estimate of drug-likeness (QED) is 0.573. The number of thioether (sulfide) groups is 1. The van der Waals surface area contributed by atoms with Gasteiger partial charge in [-0.25, -0.2) is 0 Å². The first-order valence-corrected chi connectivity index (χ1v) is 8.91. The minimum absolute atomic E-state index is 0.0338. The van der Waals surface area contributed by atoms with Gasteiger partial charge < -0.3 is 9.84 Å². The predicted molar refractivity (Wildman–Crippen MR) is 98.1 cm³/mol. The monoisotopic (exact) mass is 361 g/mol. The van der Waals surface area contributed by atoms with Gasteiger partial charge in [-0.3, -0.25) is 9.36 Å². The molecule has 1 heterocycles. The van der Waals surface area contributed by atoms with E-state index >= 15 is 0 Å². The number of rotatable bonds is 8. The number of aromatic nitrogens is 3. The van der Waals surface area contributed by atoms with Crippen molar-refractivity contribution in [2.75, 3.05) is 5.75 Å². The molecule has 0 saturated carbocycles. The summed E-state index contributed by atoms with van der Waals surface area (Å²) < 4.78 is 7.81. The summed E-state index contributed by atoms with van der Waals surface area (Å²) in [7, 11) is 0. The lowest BCUT2D eigenvalue weighted by Gasteiger charge is -2.22. The van der Waals surface area contributed by atoms with Gasteiger partial charge in [0.15, 0.2) is 11.0 Å². The van der Waals surface area contributed by atoms with Gasteiger partial charge in [-0.15, -0.1) is 16.8 Å². The molecule has 2 rings (SSSR count). The van der Waals surface area contributed by atoms with Crippen LogP contribution in [-0.4, -0.2) is 31.6 Å². The SMILES string of the molecule is C=CCn1c(COc2ccccc2C(C)(C)C)nnc1SCC(=O)O. The normalized spacial score (nSPS) is 11.3. The summed E-state index contributed by atoms with van der Waals surface area (Å²) in [5.41, 5.74) is 1.08. The molecular weight excluding hydrogens is 338 g/mol. The summed E-state index contributed by atoms with van der Waals surface area (Å²) in [5.74, 6) is 0.484. The van der Waals surface area contributed by atoms with Crippen molar-refractivity contribution in [2.24, 2.45) is 0 Å². The maximum Gasteiger partial charge on any atom is 0.313 e. The Morgan fingerprint density at radius 2 is 2.08 bits per heavy atom. The van der Waals surface area contributed by atoms with Crippen LogP contribution in [0.4, 0.5) is 0 Å². The summed E-state index contributed by atoms with van der Waals surface area (Å²) >= 11 is 1.13. The maximum atomic E-state index is 10.8. The molecule has 25 heavy (non-hydrogen) atoms. The molecule has 0 radical (unpaired) electrons. The zero-order valence-electron chi connectivity index (χ0n) is 14.7. The average Bonchev–Trinajstić information content (AvgIpc) is 2.93. The molecule has 0 aliphatic heterocycles. The van der Waals surface area contributed by atoms with E-state index in [0.717, 1.165) is 23.1 Å². The second-order valence-corrected chi connectivity index (χ2v) is 7.46. The van der Waals surface area contributed by atoms with Gasteiger partial charge in [0.05, 0.1) is 5.75 Å².